The van der Waals surface area contributed by atoms with Crippen molar-refractivity contribution in [3.63, 3.8) is 0 Å². The van der Waals surface area contributed by atoms with Gasteiger partial charge in [-0.15, -0.1) is 0 Å². The zero-order chi connectivity index (χ0) is 4.41. The summed E-state index contributed by atoms with van der Waals surface area (Å²) >= 11 is 0. The summed E-state index contributed by atoms with van der Waals surface area (Å²) in [6, 6.07) is 0.475. The lowest BCUT2D eigenvalue weighted by Crippen LogP contribution is -2.27. The van der Waals surface area contributed by atoms with Gasteiger partial charge in [-0.3, -0.25) is 5.43 Å². The van der Waals surface area contributed by atoms with Crippen molar-refractivity contribution < 1.29 is 0 Å². The fraction of sp³-hybridized carbons (Fsp3) is 1.00. The predicted molar refractivity (Wildman–Crippen MR) is 22.7 cm³/mol. The highest BCUT2D eigenvalue weighted by Gasteiger charge is 2.18. The third-order valence-electron chi connectivity index (χ3n) is 0.840. The van der Waals surface area contributed by atoms with Gasteiger partial charge in [0.05, 0.1) is 0 Å². The Labute approximate surface area is 36.3 Å². The van der Waals surface area contributed by atoms with Crippen LogP contribution in [-0.4, -0.2) is 6.04 Å². The summed E-state index contributed by atoms with van der Waals surface area (Å²) in [6.45, 7) is 0. The SMILES string of the molecule is [O-]NNC1CC1. The summed E-state index contributed by atoms with van der Waals surface area (Å²) < 4.78 is 0. The van der Waals surface area contributed by atoms with Gasteiger partial charge in [0, 0.05) is 6.04 Å². The van der Waals surface area contributed by atoms with Crippen LogP contribution in [0.4, 0.5) is 0 Å². The van der Waals surface area contributed by atoms with Crippen molar-refractivity contribution in [3.8, 4) is 0 Å². The smallest absolute Gasteiger partial charge is 0.0204 e. The first-order valence-electron chi connectivity index (χ1n) is 2.06. The van der Waals surface area contributed by atoms with E-state index in [4.69, 9.17) is 0 Å². The quantitative estimate of drug-likeness (QED) is 0.456. The Morgan fingerprint density at radius 1 is 1.50 bits per heavy atom. The summed E-state index contributed by atoms with van der Waals surface area (Å²) in [5.41, 5.74) is 4.14. The average Bonchev–Trinajstić information content (AvgIpc) is 2.21. The Balaban J connectivity index is 1.88. The molecule has 0 bridgehead atoms. The lowest BCUT2D eigenvalue weighted by atomic mass is 10.8. The van der Waals surface area contributed by atoms with Crippen molar-refractivity contribution >= 4 is 0 Å². The van der Waals surface area contributed by atoms with Crippen LogP contribution in [0.5, 0.6) is 0 Å². The van der Waals surface area contributed by atoms with Crippen LogP contribution in [0.1, 0.15) is 12.8 Å². The number of hydrogen-bond donors (Lipinski definition) is 2. The van der Waals surface area contributed by atoms with Gasteiger partial charge in [0.2, 0.25) is 0 Å². The molecular formula is C3H7N2O-. The molecule has 1 fully saturated rings. The molecule has 0 aliphatic heterocycles. The molecule has 3 heteroatoms. The fourth-order valence-corrected chi connectivity index (χ4v) is 0.311. The second-order valence-corrected chi connectivity index (χ2v) is 1.52. The minimum atomic E-state index is 0.475. The molecular weight excluding hydrogens is 80.0 g/mol. The van der Waals surface area contributed by atoms with Crippen molar-refractivity contribution in [2.24, 2.45) is 0 Å². The minimum absolute atomic E-state index is 0.475. The van der Waals surface area contributed by atoms with Crippen LogP contribution in [-0.2, 0) is 0 Å². The van der Waals surface area contributed by atoms with Crippen LogP contribution in [0.2, 0.25) is 0 Å². The van der Waals surface area contributed by atoms with E-state index in [0.29, 0.717) is 6.04 Å². The van der Waals surface area contributed by atoms with Crippen molar-refractivity contribution in [2.45, 2.75) is 18.9 Å². The molecule has 6 heavy (non-hydrogen) atoms. The minimum Gasteiger partial charge on any atom is -0.774 e. The van der Waals surface area contributed by atoms with Gasteiger partial charge in [-0.1, -0.05) is 0 Å². The molecule has 1 rings (SSSR count). The molecule has 0 amide bonds. The van der Waals surface area contributed by atoms with Gasteiger partial charge in [-0.2, -0.15) is 0 Å². The van der Waals surface area contributed by atoms with Crippen LogP contribution >= 0.6 is 0 Å². The van der Waals surface area contributed by atoms with Crippen LogP contribution in [0.3, 0.4) is 0 Å². The van der Waals surface area contributed by atoms with E-state index < -0.39 is 0 Å². The van der Waals surface area contributed by atoms with E-state index in [0.717, 1.165) is 12.8 Å². The van der Waals surface area contributed by atoms with Crippen molar-refractivity contribution in [1.82, 2.24) is 11.0 Å². The van der Waals surface area contributed by atoms with E-state index >= 15 is 0 Å². The number of nitrogens with one attached hydrogen (secondary N) is 2. The van der Waals surface area contributed by atoms with E-state index in [2.05, 4.69) is 5.43 Å². The van der Waals surface area contributed by atoms with Gasteiger partial charge in [-0.05, 0) is 12.8 Å². The number of rotatable bonds is 2. The molecule has 0 heterocycles. The number of hydrazine groups is 1. The average molecular weight is 87.1 g/mol. The van der Waals surface area contributed by atoms with Crippen molar-refractivity contribution in [3.05, 3.63) is 5.21 Å². The van der Waals surface area contributed by atoms with E-state index in [1.165, 1.54) is 0 Å². The molecule has 0 saturated heterocycles. The molecule has 0 aromatic carbocycles. The first-order chi connectivity index (χ1) is 2.93. The second kappa shape index (κ2) is 1.55. The van der Waals surface area contributed by atoms with Gasteiger partial charge < -0.3 is 10.8 Å². The summed E-state index contributed by atoms with van der Waals surface area (Å²) in [5, 5.41) is 9.42. The molecule has 0 aromatic rings. The van der Waals surface area contributed by atoms with Gasteiger partial charge in [0.1, 0.15) is 0 Å². The highest BCUT2D eigenvalue weighted by molar-refractivity contribution is 4.78. The molecule has 0 atom stereocenters. The summed E-state index contributed by atoms with van der Waals surface area (Å²) in [6.07, 6.45) is 2.30. The molecule has 0 radical (unpaired) electrons. The Morgan fingerprint density at radius 2 is 2.17 bits per heavy atom. The van der Waals surface area contributed by atoms with E-state index in [1.807, 2.05) is 0 Å². The lowest BCUT2D eigenvalue weighted by Gasteiger charge is -2.05. The highest BCUT2D eigenvalue weighted by atomic mass is 16.5. The zero-order valence-corrected chi connectivity index (χ0v) is 3.40. The normalized spacial score (nSPS) is 21.5. The summed E-state index contributed by atoms with van der Waals surface area (Å²) in [5.74, 6) is 0. The van der Waals surface area contributed by atoms with Gasteiger partial charge >= 0.3 is 0 Å². The van der Waals surface area contributed by atoms with Crippen LogP contribution in [0, 0.1) is 5.21 Å². The summed E-state index contributed by atoms with van der Waals surface area (Å²) in [4.78, 5) is 0. The third kappa shape index (κ3) is 0.931. The summed E-state index contributed by atoms with van der Waals surface area (Å²) in [7, 11) is 0. The van der Waals surface area contributed by atoms with E-state index in [-0.39, 0.29) is 0 Å². The molecule has 1 saturated carbocycles. The molecule has 0 spiro atoms. The van der Waals surface area contributed by atoms with Gasteiger partial charge in [-0.25, -0.2) is 0 Å². The molecule has 2 N–H and O–H groups in total. The second-order valence-electron chi connectivity index (χ2n) is 1.52. The first-order valence-corrected chi connectivity index (χ1v) is 2.06. The largest absolute Gasteiger partial charge is 0.774 e. The maximum Gasteiger partial charge on any atom is 0.0204 e. The molecule has 3 nitrogen and oxygen atoms in total. The standard InChI is InChI=1S/C3H7N2O/c6-5-4-3-1-2-3/h3-5H,1-2H2/q-1. The predicted octanol–water partition coefficient (Wildman–Crippen LogP) is -0.259. The van der Waals surface area contributed by atoms with Crippen molar-refractivity contribution in [2.75, 3.05) is 0 Å². The molecule has 36 valence electrons. The zero-order valence-electron chi connectivity index (χ0n) is 3.40. The molecule has 1 aliphatic rings. The topological polar surface area (TPSA) is 47.1 Å². The van der Waals surface area contributed by atoms with Gasteiger partial charge in [0.15, 0.2) is 0 Å². The van der Waals surface area contributed by atoms with Gasteiger partial charge in [0.25, 0.3) is 0 Å². The van der Waals surface area contributed by atoms with Crippen LogP contribution in [0.15, 0.2) is 0 Å². The third-order valence-corrected chi connectivity index (χ3v) is 0.840. The highest BCUT2D eigenvalue weighted by Crippen LogP contribution is 2.16. The Bertz CT molecular complexity index is 44.1. The lowest BCUT2D eigenvalue weighted by molar-refractivity contribution is 0.623. The molecule has 0 unspecified atom stereocenters. The fourth-order valence-electron chi connectivity index (χ4n) is 0.311. The Morgan fingerprint density at radius 3 is 2.33 bits per heavy atom. The van der Waals surface area contributed by atoms with E-state index in [9.17, 15) is 5.21 Å². The van der Waals surface area contributed by atoms with E-state index in [1.54, 1.807) is 5.59 Å². The molecule has 1 aliphatic carbocycles. The first kappa shape index (κ1) is 4.05. The van der Waals surface area contributed by atoms with Crippen LogP contribution < -0.4 is 11.0 Å². The maximum absolute atomic E-state index is 9.42. The maximum atomic E-state index is 9.42. The Hall–Kier alpha value is -0.120. The Kier molecular flexibility index (Phi) is 1.05. The van der Waals surface area contributed by atoms with Crippen molar-refractivity contribution in [1.29, 1.82) is 0 Å². The van der Waals surface area contributed by atoms with Crippen LogP contribution in [0.25, 0.3) is 0 Å². The monoisotopic (exact) mass is 87.1 g/mol. The number of hydrogen-bond acceptors (Lipinski definition) is 3. The molecule has 0 aromatic heterocycles.